The Morgan fingerprint density at radius 3 is 1.65 bits per heavy atom. The Morgan fingerprint density at radius 2 is 1.18 bits per heavy atom. The molecule has 0 bridgehead atoms. The highest BCUT2D eigenvalue weighted by molar-refractivity contribution is 7.84. The molecule has 1 rings (SSSR count). The normalized spacial score (nSPS) is 15.2. The molecule has 0 aromatic rings. The molecule has 0 aromatic carbocycles. The van der Waals surface area contributed by atoms with E-state index in [1.807, 2.05) is 0 Å². The fourth-order valence-corrected chi connectivity index (χ4v) is 6.49. The Kier molecular flexibility index (Phi) is 22.5. The van der Waals surface area contributed by atoms with Gasteiger partial charge < -0.3 is 15.1 Å². The van der Waals surface area contributed by atoms with Gasteiger partial charge in [-0.1, -0.05) is 103 Å². The van der Waals surface area contributed by atoms with Gasteiger partial charge in [-0.2, -0.15) is 0 Å². The predicted octanol–water partition coefficient (Wildman–Crippen LogP) is 7.42. The third-order valence-corrected chi connectivity index (χ3v) is 9.28. The van der Waals surface area contributed by atoms with Crippen LogP contribution in [0.3, 0.4) is 0 Å². The Morgan fingerprint density at radius 1 is 0.700 bits per heavy atom. The van der Waals surface area contributed by atoms with Gasteiger partial charge in [0.25, 0.3) is 0 Å². The minimum atomic E-state index is -2.40. The summed E-state index contributed by atoms with van der Waals surface area (Å²) in [5.74, 6) is -0.310. The number of likely N-dealkylation sites (tertiary alicyclic amines) is 1. The molecule has 0 saturated carbocycles. The van der Waals surface area contributed by atoms with Crippen molar-refractivity contribution in [3.63, 3.8) is 0 Å². The van der Waals surface area contributed by atoms with Gasteiger partial charge in [0.05, 0.1) is 0 Å². The highest BCUT2D eigenvalue weighted by Crippen LogP contribution is 2.36. The smallest absolute Gasteiger partial charge is 0.217 e. The molecule has 8 heteroatoms. The Bertz CT molecular complexity index is 711. The number of carbonyl (C=O) groups excluding carboxylic acids is 4. The maximum absolute atomic E-state index is 12.6. The van der Waals surface area contributed by atoms with E-state index >= 15 is 0 Å². The lowest BCUT2D eigenvalue weighted by molar-refractivity contribution is -0.122. The fraction of sp³-hybridized carbons (Fsp3) is 0.875. The van der Waals surface area contributed by atoms with Crippen LogP contribution in [0.15, 0.2) is 0 Å². The summed E-state index contributed by atoms with van der Waals surface area (Å²) in [6, 6.07) is -0.665. The summed E-state index contributed by atoms with van der Waals surface area (Å²) in [7, 11) is -2.40. The molecule has 1 aliphatic heterocycles. The fourth-order valence-electron chi connectivity index (χ4n) is 5.51. The molecule has 2 N–H and O–H groups in total. The lowest BCUT2D eigenvalue weighted by Crippen LogP contribution is -2.36. The minimum Gasteiger partial charge on any atom is -0.360 e. The van der Waals surface area contributed by atoms with E-state index in [4.69, 9.17) is 0 Å². The number of ketones is 1. The molecule has 0 aromatic heterocycles. The molecular formula is C32H59N2O5P. The van der Waals surface area contributed by atoms with Crippen molar-refractivity contribution in [1.29, 1.82) is 0 Å². The van der Waals surface area contributed by atoms with Gasteiger partial charge in [0.15, 0.2) is 19.2 Å². The average Bonchev–Trinajstić information content (AvgIpc) is 3.44. The van der Waals surface area contributed by atoms with Crippen molar-refractivity contribution < 1.29 is 24.1 Å². The highest BCUT2D eigenvalue weighted by Gasteiger charge is 2.28. The van der Waals surface area contributed by atoms with Gasteiger partial charge in [0, 0.05) is 45.2 Å². The number of nitrogens with one attached hydrogen (secondary N) is 1. The SMILES string of the molecule is CCCCCCCCCCCCCCCCCCC(=O)CC(CC(=O)P(O)C(=O)CCN1CCCC1)NC(C)=O. The van der Waals surface area contributed by atoms with Crippen LogP contribution < -0.4 is 5.32 Å². The number of Topliss-reactive ketones (excluding diaryl/α,β-unsaturated/α-hetero) is 1. The topological polar surface area (TPSA) is 104 Å². The number of unbranched alkanes of at least 4 members (excludes halogenated alkanes) is 15. The van der Waals surface area contributed by atoms with Crippen molar-refractivity contribution in [2.24, 2.45) is 0 Å². The van der Waals surface area contributed by atoms with Crippen LogP contribution in [0.5, 0.6) is 0 Å². The van der Waals surface area contributed by atoms with Crippen LogP contribution in [-0.2, 0) is 19.2 Å². The van der Waals surface area contributed by atoms with E-state index in [9.17, 15) is 24.1 Å². The molecular weight excluding hydrogens is 523 g/mol. The maximum atomic E-state index is 12.6. The van der Waals surface area contributed by atoms with E-state index in [1.165, 1.54) is 90.4 Å². The Labute approximate surface area is 245 Å². The monoisotopic (exact) mass is 582 g/mol. The summed E-state index contributed by atoms with van der Waals surface area (Å²) >= 11 is 0. The summed E-state index contributed by atoms with van der Waals surface area (Å²) in [4.78, 5) is 61.5. The number of amides is 1. The molecule has 1 saturated heterocycles. The summed E-state index contributed by atoms with van der Waals surface area (Å²) < 4.78 is 0. The molecule has 7 nitrogen and oxygen atoms in total. The van der Waals surface area contributed by atoms with Gasteiger partial charge >= 0.3 is 0 Å². The van der Waals surface area contributed by atoms with Crippen molar-refractivity contribution in [3.8, 4) is 0 Å². The molecule has 1 fully saturated rings. The number of hydrogen-bond acceptors (Lipinski definition) is 6. The van der Waals surface area contributed by atoms with Crippen LogP contribution in [0.1, 0.15) is 155 Å². The van der Waals surface area contributed by atoms with Crippen LogP contribution in [0.4, 0.5) is 0 Å². The van der Waals surface area contributed by atoms with Crippen molar-refractivity contribution in [1.82, 2.24) is 10.2 Å². The molecule has 1 amide bonds. The average molecular weight is 583 g/mol. The number of carbonyl (C=O) groups is 4. The zero-order chi connectivity index (χ0) is 29.4. The zero-order valence-corrected chi connectivity index (χ0v) is 26.6. The molecule has 0 spiro atoms. The standard InChI is InChI=1S/C32H59N2O5P/c1-3-4-5-6-7-8-9-10-11-12-13-14-15-16-17-18-21-30(36)26-29(33-28(2)35)27-32(38)40(39)31(37)22-25-34-23-19-20-24-34/h29,39H,3-27H2,1-2H3,(H,33,35). The van der Waals surface area contributed by atoms with E-state index in [0.717, 1.165) is 45.2 Å². The van der Waals surface area contributed by atoms with Gasteiger partial charge in [-0.05, 0) is 32.4 Å². The molecule has 232 valence electrons. The van der Waals surface area contributed by atoms with Gasteiger partial charge in [0.1, 0.15) is 5.78 Å². The van der Waals surface area contributed by atoms with Crippen LogP contribution in [0.25, 0.3) is 0 Å². The predicted molar refractivity (Wildman–Crippen MR) is 165 cm³/mol. The second-order valence-electron chi connectivity index (χ2n) is 11.8. The first-order valence-electron chi connectivity index (χ1n) is 16.4. The molecule has 40 heavy (non-hydrogen) atoms. The van der Waals surface area contributed by atoms with Crippen molar-refractivity contribution in [2.75, 3.05) is 19.6 Å². The first-order chi connectivity index (χ1) is 19.3. The van der Waals surface area contributed by atoms with Gasteiger partial charge in [-0.25, -0.2) is 0 Å². The van der Waals surface area contributed by atoms with Crippen LogP contribution in [0.2, 0.25) is 0 Å². The van der Waals surface area contributed by atoms with E-state index in [-0.39, 0.29) is 31.0 Å². The van der Waals surface area contributed by atoms with Gasteiger partial charge in [0.2, 0.25) is 5.91 Å². The number of nitrogens with zero attached hydrogens (tertiary/aromatic N) is 1. The summed E-state index contributed by atoms with van der Waals surface area (Å²) in [6.45, 7) is 6.09. The number of hydrogen-bond donors (Lipinski definition) is 2. The Hall–Kier alpha value is -1.17. The van der Waals surface area contributed by atoms with Gasteiger partial charge in [-0.3, -0.25) is 19.2 Å². The highest BCUT2D eigenvalue weighted by atomic mass is 31.1. The zero-order valence-electron chi connectivity index (χ0n) is 25.7. The second-order valence-corrected chi connectivity index (χ2v) is 13.4. The van der Waals surface area contributed by atoms with Crippen molar-refractivity contribution in [2.45, 2.75) is 161 Å². The third kappa shape index (κ3) is 19.8. The first-order valence-corrected chi connectivity index (χ1v) is 17.7. The molecule has 1 heterocycles. The van der Waals surface area contributed by atoms with Crippen LogP contribution >= 0.6 is 8.15 Å². The third-order valence-electron chi connectivity index (χ3n) is 7.92. The largest absolute Gasteiger partial charge is 0.360 e. The van der Waals surface area contributed by atoms with Crippen LogP contribution in [0, 0.1) is 0 Å². The molecule has 0 aliphatic carbocycles. The van der Waals surface area contributed by atoms with Crippen molar-refractivity contribution in [3.05, 3.63) is 0 Å². The summed E-state index contributed by atoms with van der Waals surface area (Å²) in [5, 5.41) is 2.67. The maximum Gasteiger partial charge on any atom is 0.217 e. The second kappa shape index (κ2) is 24.4. The lowest BCUT2D eigenvalue weighted by atomic mass is 10.0. The molecule has 1 aliphatic rings. The Balaban J connectivity index is 2.11. The van der Waals surface area contributed by atoms with E-state index in [1.54, 1.807) is 0 Å². The summed E-state index contributed by atoms with van der Waals surface area (Å²) in [5.41, 5.74) is -0.983. The summed E-state index contributed by atoms with van der Waals surface area (Å²) in [6.07, 6.45) is 23.2. The molecule has 2 atom stereocenters. The van der Waals surface area contributed by atoms with Gasteiger partial charge in [-0.15, -0.1) is 0 Å². The quantitative estimate of drug-likeness (QED) is 0.0772. The number of rotatable bonds is 27. The van der Waals surface area contributed by atoms with Crippen LogP contribution in [-0.4, -0.2) is 58.2 Å². The minimum absolute atomic E-state index is 0.0135. The van der Waals surface area contributed by atoms with E-state index < -0.39 is 25.2 Å². The first kappa shape index (κ1) is 36.9. The molecule has 0 radical (unpaired) electrons. The van der Waals surface area contributed by atoms with Crippen molar-refractivity contribution >= 4 is 30.9 Å². The lowest BCUT2D eigenvalue weighted by Gasteiger charge is -2.18. The van der Waals surface area contributed by atoms with E-state index in [0.29, 0.717) is 13.0 Å². The van der Waals surface area contributed by atoms with E-state index in [2.05, 4.69) is 17.1 Å². The molecule has 2 unspecified atom stereocenters.